The van der Waals surface area contributed by atoms with Gasteiger partial charge < -0.3 is 14.1 Å². The summed E-state index contributed by atoms with van der Waals surface area (Å²) in [5.74, 6) is -1.84. The van der Waals surface area contributed by atoms with Crippen molar-refractivity contribution in [1.29, 1.82) is 0 Å². The minimum Gasteiger partial charge on any atom is -0.396 e. The van der Waals surface area contributed by atoms with Gasteiger partial charge in [-0.25, -0.2) is 13.8 Å². The lowest BCUT2D eigenvalue weighted by Gasteiger charge is -2.61. The fourth-order valence-corrected chi connectivity index (χ4v) is 5.76. The van der Waals surface area contributed by atoms with E-state index in [1.54, 1.807) is 0 Å². The number of fused-ring (bicyclic) bond motifs is 1. The molecular weight excluding hydrogens is 498 g/mol. The molecule has 0 saturated carbocycles. The lowest BCUT2D eigenvalue weighted by Crippen LogP contribution is -2.71. The largest absolute Gasteiger partial charge is 0.396 e. The van der Waals surface area contributed by atoms with Gasteiger partial charge in [0.25, 0.3) is 0 Å². The number of benzene rings is 1. The molecule has 4 aromatic rings. The standard InChI is InChI=1S/C30H32F2N6O/c1-3-5-24-15-34-28-13-23(10-11-38(24)28)37-19-30(20-37)17-36(18-30)16-21-6-9-27(33-14-21)29(35-39-4-2)22-7-8-25(31)26(32)12-22/h6-15H,3-5,16-20H2,1-2H3. The smallest absolute Gasteiger partial charge is 0.159 e. The van der Waals surface area contributed by atoms with Gasteiger partial charge in [0.05, 0.1) is 5.69 Å². The first-order valence-electron chi connectivity index (χ1n) is 13.5. The van der Waals surface area contributed by atoms with E-state index in [4.69, 9.17) is 4.84 Å². The van der Waals surface area contributed by atoms with E-state index < -0.39 is 11.6 Å². The molecule has 0 radical (unpaired) electrons. The highest BCUT2D eigenvalue weighted by Crippen LogP contribution is 2.42. The Morgan fingerprint density at radius 1 is 0.974 bits per heavy atom. The molecule has 7 nitrogen and oxygen atoms in total. The zero-order chi connectivity index (χ0) is 27.0. The molecule has 0 amide bonds. The molecule has 0 unspecified atom stereocenters. The maximum Gasteiger partial charge on any atom is 0.159 e. The summed E-state index contributed by atoms with van der Waals surface area (Å²) in [5.41, 5.74) is 6.30. The summed E-state index contributed by atoms with van der Waals surface area (Å²) in [6, 6.07) is 11.9. The fourth-order valence-electron chi connectivity index (χ4n) is 5.76. The summed E-state index contributed by atoms with van der Waals surface area (Å²) in [4.78, 5) is 19.3. The highest BCUT2D eigenvalue weighted by atomic mass is 19.2. The van der Waals surface area contributed by atoms with Gasteiger partial charge in [0.15, 0.2) is 11.6 Å². The van der Waals surface area contributed by atoms with Crippen LogP contribution < -0.4 is 4.90 Å². The lowest BCUT2D eigenvalue weighted by molar-refractivity contribution is -0.0273. The number of rotatable bonds is 9. The Hall–Kier alpha value is -3.85. The van der Waals surface area contributed by atoms with Crippen molar-refractivity contribution >= 4 is 17.0 Å². The summed E-state index contributed by atoms with van der Waals surface area (Å²) < 4.78 is 29.5. The van der Waals surface area contributed by atoms with E-state index in [1.807, 2.05) is 31.5 Å². The summed E-state index contributed by atoms with van der Waals surface area (Å²) in [7, 11) is 0. The molecule has 2 aliphatic rings. The molecule has 0 aliphatic carbocycles. The van der Waals surface area contributed by atoms with Crippen LogP contribution in [0.4, 0.5) is 14.5 Å². The first kappa shape index (κ1) is 25.4. The van der Waals surface area contributed by atoms with E-state index in [2.05, 4.69) is 54.6 Å². The average molecular weight is 531 g/mol. The van der Waals surface area contributed by atoms with Crippen molar-refractivity contribution in [3.63, 3.8) is 0 Å². The predicted octanol–water partition coefficient (Wildman–Crippen LogP) is 5.07. The second kappa shape index (κ2) is 10.4. The van der Waals surface area contributed by atoms with E-state index in [1.165, 1.54) is 17.4 Å². The molecule has 2 aliphatic heterocycles. The van der Waals surface area contributed by atoms with Crippen molar-refractivity contribution in [2.24, 2.45) is 10.6 Å². The highest BCUT2D eigenvalue weighted by molar-refractivity contribution is 6.11. The van der Waals surface area contributed by atoms with Gasteiger partial charge in [0.2, 0.25) is 0 Å². The average Bonchev–Trinajstić information content (AvgIpc) is 3.30. The van der Waals surface area contributed by atoms with Gasteiger partial charge in [-0.2, -0.15) is 0 Å². The van der Waals surface area contributed by atoms with Gasteiger partial charge in [0.1, 0.15) is 18.0 Å². The van der Waals surface area contributed by atoms with E-state index in [-0.39, 0.29) is 0 Å². The van der Waals surface area contributed by atoms with Crippen LogP contribution in [-0.2, 0) is 17.8 Å². The van der Waals surface area contributed by atoms with Crippen LogP contribution in [0, 0.1) is 17.0 Å². The van der Waals surface area contributed by atoms with Crippen LogP contribution in [-0.4, -0.2) is 57.8 Å². The number of likely N-dealkylation sites (tertiary alicyclic amines) is 1. The van der Waals surface area contributed by atoms with E-state index in [9.17, 15) is 8.78 Å². The minimum atomic E-state index is -0.933. The Kier molecular flexibility index (Phi) is 6.76. The number of oxime groups is 1. The first-order valence-corrected chi connectivity index (χ1v) is 13.5. The second-order valence-electron chi connectivity index (χ2n) is 10.7. The van der Waals surface area contributed by atoms with Crippen molar-refractivity contribution in [2.45, 2.75) is 33.2 Å². The molecule has 2 saturated heterocycles. The van der Waals surface area contributed by atoms with Gasteiger partial charge >= 0.3 is 0 Å². The van der Waals surface area contributed by atoms with E-state index in [0.29, 0.717) is 29.0 Å². The Balaban J connectivity index is 1.05. The minimum absolute atomic E-state index is 0.353. The summed E-state index contributed by atoms with van der Waals surface area (Å²) in [6.45, 7) is 9.41. The number of pyridine rings is 2. The number of anilines is 1. The quantitative estimate of drug-likeness (QED) is 0.223. The normalized spacial score (nSPS) is 16.9. The number of halogens is 2. The Morgan fingerprint density at radius 3 is 2.54 bits per heavy atom. The third kappa shape index (κ3) is 4.98. The van der Waals surface area contributed by atoms with Crippen LogP contribution >= 0.6 is 0 Å². The molecule has 2 fully saturated rings. The molecule has 0 atom stereocenters. The van der Waals surface area contributed by atoms with Crippen LogP contribution in [0.1, 0.15) is 42.8 Å². The molecule has 5 heterocycles. The monoisotopic (exact) mass is 530 g/mol. The number of hydrogen-bond acceptors (Lipinski definition) is 6. The molecule has 1 aromatic carbocycles. The van der Waals surface area contributed by atoms with Gasteiger partial charge in [-0.05, 0) is 49.2 Å². The van der Waals surface area contributed by atoms with Crippen molar-refractivity contribution in [1.82, 2.24) is 19.3 Å². The Labute approximate surface area is 226 Å². The zero-order valence-electron chi connectivity index (χ0n) is 22.3. The molecule has 1 spiro atoms. The topological polar surface area (TPSA) is 58.3 Å². The highest BCUT2D eigenvalue weighted by Gasteiger charge is 2.51. The van der Waals surface area contributed by atoms with Crippen LogP contribution in [0.25, 0.3) is 5.65 Å². The summed E-state index contributed by atoms with van der Waals surface area (Å²) in [6.07, 6.45) is 8.11. The van der Waals surface area contributed by atoms with Crippen LogP contribution in [0.2, 0.25) is 0 Å². The number of hydrogen-bond donors (Lipinski definition) is 0. The van der Waals surface area contributed by atoms with Crippen molar-refractivity contribution in [3.05, 3.63) is 95.2 Å². The predicted molar refractivity (Wildman–Crippen MR) is 147 cm³/mol. The lowest BCUT2D eigenvalue weighted by atomic mass is 9.72. The zero-order valence-corrected chi connectivity index (χ0v) is 22.3. The molecule has 202 valence electrons. The molecule has 0 N–H and O–H groups in total. The second-order valence-corrected chi connectivity index (χ2v) is 10.7. The van der Waals surface area contributed by atoms with Crippen LogP contribution in [0.5, 0.6) is 0 Å². The van der Waals surface area contributed by atoms with Gasteiger partial charge in [0, 0.05) is 79.7 Å². The third-order valence-electron chi connectivity index (χ3n) is 7.57. The molecular formula is C30H32F2N6O. The summed E-state index contributed by atoms with van der Waals surface area (Å²) in [5, 5.41) is 4.11. The van der Waals surface area contributed by atoms with Crippen LogP contribution in [0.3, 0.4) is 0 Å². The molecule has 3 aromatic heterocycles. The molecule has 6 rings (SSSR count). The maximum atomic E-state index is 13.8. The number of nitrogens with zero attached hydrogens (tertiary/aromatic N) is 6. The van der Waals surface area contributed by atoms with Crippen LogP contribution in [0.15, 0.2) is 66.2 Å². The number of imidazole rings is 1. The fraction of sp³-hybridized carbons (Fsp3) is 0.367. The molecule has 39 heavy (non-hydrogen) atoms. The Bertz CT molecular complexity index is 1500. The van der Waals surface area contributed by atoms with E-state index >= 15 is 0 Å². The SMILES string of the molecule is CCCc1cnc2cc(N3CC4(CN(Cc5ccc(C(=NOCC)c6ccc(F)c(F)c6)nc5)C4)C3)ccn12. The van der Waals surface area contributed by atoms with Crippen molar-refractivity contribution in [3.8, 4) is 0 Å². The van der Waals surface area contributed by atoms with Gasteiger partial charge in [-0.1, -0.05) is 24.6 Å². The van der Waals surface area contributed by atoms with Gasteiger partial charge in [-0.3, -0.25) is 9.88 Å². The van der Waals surface area contributed by atoms with Gasteiger partial charge in [-0.15, -0.1) is 0 Å². The number of aryl methyl sites for hydroxylation is 1. The van der Waals surface area contributed by atoms with E-state index in [0.717, 1.165) is 68.9 Å². The molecule has 0 bridgehead atoms. The maximum absolute atomic E-state index is 13.8. The Morgan fingerprint density at radius 2 is 1.82 bits per heavy atom. The first-order chi connectivity index (χ1) is 19.0. The van der Waals surface area contributed by atoms with Crippen molar-refractivity contribution < 1.29 is 13.6 Å². The number of aromatic nitrogens is 3. The summed E-state index contributed by atoms with van der Waals surface area (Å²) >= 11 is 0. The molecule has 9 heteroatoms. The van der Waals surface area contributed by atoms with Crippen molar-refractivity contribution in [2.75, 3.05) is 37.7 Å². The third-order valence-corrected chi connectivity index (χ3v) is 7.57.